The highest BCUT2D eigenvalue weighted by atomic mass is 35.5. The zero-order chi connectivity index (χ0) is 28.5. The summed E-state index contributed by atoms with van der Waals surface area (Å²) in [4.78, 5) is 43.7. The molecule has 4 rings (SSSR count). The molecule has 0 spiro atoms. The normalized spacial score (nSPS) is 11.8. The van der Waals surface area contributed by atoms with Gasteiger partial charge in [0.05, 0.1) is 5.25 Å². The number of nitrogens with one attached hydrogen (secondary N) is 3. The second-order valence-electron chi connectivity index (χ2n) is 8.55. The molecule has 1 aromatic heterocycles. The number of carbonyl (C=O) groups is 3. The number of rotatable bonds is 9. The van der Waals surface area contributed by atoms with Gasteiger partial charge in [-0.3, -0.25) is 19.4 Å². The highest BCUT2D eigenvalue weighted by Gasteiger charge is 2.18. The molecule has 0 radical (unpaired) electrons. The molecule has 0 aliphatic rings. The predicted octanol–water partition coefficient (Wildman–Crippen LogP) is 6.92. The van der Waals surface area contributed by atoms with Gasteiger partial charge in [-0.25, -0.2) is 0 Å². The van der Waals surface area contributed by atoms with E-state index in [0.717, 1.165) is 4.90 Å². The van der Waals surface area contributed by atoms with Gasteiger partial charge in [-0.2, -0.15) is 0 Å². The summed E-state index contributed by atoms with van der Waals surface area (Å²) in [6, 6.07) is 24.0. The fraction of sp³-hybridized carbons (Fsp3) is 0.0667. The SMILES string of the molecule is CC(Sc1cccc(NC(=O)/C(=C/c2cccnc2)NC(=O)c2ccccc2)c1)C(=O)Nc1cc(Cl)cc(Cl)c1. The van der Waals surface area contributed by atoms with Gasteiger partial charge in [-0.1, -0.05) is 53.5 Å². The van der Waals surface area contributed by atoms with Crippen molar-refractivity contribution in [3.05, 3.63) is 124 Å². The van der Waals surface area contributed by atoms with Gasteiger partial charge in [0.2, 0.25) is 5.91 Å². The van der Waals surface area contributed by atoms with E-state index >= 15 is 0 Å². The van der Waals surface area contributed by atoms with Crippen molar-refractivity contribution in [3.8, 4) is 0 Å². The number of pyridine rings is 1. The van der Waals surface area contributed by atoms with Crippen LogP contribution in [-0.2, 0) is 9.59 Å². The second-order valence-corrected chi connectivity index (χ2v) is 10.8. The zero-order valence-electron chi connectivity index (χ0n) is 21.2. The molecule has 10 heteroatoms. The van der Waals surface area contributed by atoms with E-state index in [1.54, 1.807) is 104 Å². The van der Waals surface area contributed by atoms with E-state index in [-0.39, 0.29) is 11.6 Å². The summed E-state index contributed by atoms with van der Waals surface area (Å²) in [5.74, 6) is -1.17. The van der Waals surface area contributed by atoms with Gasteiger partial charge in [0.25, 0.3) is 11.8 Å². The number of hydrogen-bond donors (Lipinski definition) is 3. The van der Waals surface area contributed by atoms with Gasteiger partial charge in [0.1, 0.15) is 5.70 Å². The topological polar surface area (TPSA) is 100 Å². The first-order valence-corrected chi connectivity index (χ1v) is 13.7. The fourth-order valence-corrected chi connectivity index (χ4v) is 5.00. The number of amides is 3. The molecular weight excluding hydrogens is 567 g/mol. The van der Waals surface area contributed by atoms with E-state index in [2.05, 4.69) is 20.9 Å². The maximum absolute atomic E-state index is 13.3. The van der Waals surface area contributed by atoms with Crippen LogP contribution in [-0.4, -0.2) is 28.0 Å². The number of benzene rings is 3. The molecule has 1 atom stereocenters. The maximum Gasteiger partial charge on any atom is 0.272 e. The second kappa shape index (κ2) is 13.8. The Balaban J connectivity index is 1.46. The van der Waals surface area contributed by atoms with Gasteiger partial charge in [-0.05, 0) is 73.2 Å². The molecular formula is C30H24Cl2N4O3S. The van der Waals surface area contributed by atoms with Crippen molar-refractivity contribution in [3.63, 3.8) is 0 Å². The Morgan fingerprint density at radius 3 is 2.30 bits per heavy atom. The van der Waals surface area contributed by atoms with Crippen LogP contribution in [0.4, 0.5) is 11.4 Å². The quantitative estimate of drug-likeness (QED) is 0.145. The van der Waals surface area contributed by atoms with E-state index in [0.29, 0.717) is 32.5 Å². The van der Waals surface area contributed by atoms with E-state index < -0.39 is 17.1 Å². The van der Waals surface area contributed by atoms with Gasteiger partial charge in [0.15, 0.2) is 0 Å². The smallest absolute Gasteiger partial charge is 0.272 e. The van der Waals surface area contributed by atoms with Crippen LogP contribution in [0.25, 0.3) is 6.08 Å². The standard InChI is InChI=1S/C30H24Cl2N4O3S/c1-19(28(37)35-25-15-22(31)14-23(32)16-25)40-26-11-5-10-24(17-26)34-30(39)27(13-20-7-6-12-33-18-20)36-29(38)21-8-3-2-4-9-21/h2-19H,1H3,(H,34,39)(H,35,37)(H,36,38)/b27-13-. The molecule has 0 saturated heterocycles. The maximum atomic E-state index is 13.3. The Hall–Kier alpha value is -4.11. The van der Waals surface area contributed by atoms with Crippen molar-refractivity contribution in [1.82, 2.24) is 10.3 Å². The van der Waals surface area contributed by atoms with Crippen molar-refractivity contribution in [1.29, 1.82) is 0 Å². The highest BCUT2D eigenvalue weighted by molar-refractivity contribution is 8.00. The average Bonchev–Trinajstić information content (AvgIpc) is 2.93. The highest BCUT2D eigenvalue weighted by Crippen LogP contribution is 2.28. The average molecular weight is 592 g/mol. The molecule has 0 bridgehead atoms. The van der Waals surface area contributed by atoms with E-state index in [9.17, 15) is 14.4 Å². The lowest BCUT2D eigenvalue weighted by atomic mass is 10.2. The molecule has 0 aliphatic carbocycles. The summed E-state index contributed by atoms with van der Waals surface area (Å²) in [7, 11) is 0. The molecule has 4 aromatic rings. The number of anilines is 2. The van der Waals surface area contributed by atoms with Crippen LogP contribution in [0.5, 0.6) is 0 Å². The number of nitrogens with zero attached hydrogens (tertiary/aromatic N) is 1. The van der Waals surface area contributed by atoms with Crippen LogP contribution in [0.3, 0.4) is 0 Å². The summed E-state index contributed by atoms with van der Waals surface area (Å²) < 4.78 is 0. The molecule has 40 heavy (non-hydrogen) atoms. The first-order valence-electron chi connectivity index (χ1n) is 12.1. The minimum Gasteiger partial charge on any atom is -0.325 e. The van der Waals surface area contributed by atoms with Crippen LogP contribution in [0.15, 0.2) is 108 Å². The molecule has 0 aliphatic heterocycles. The Kier molecular flexibility index (Phi) is 9.96. The number of thioether (sulfide) groups is 1. The van der Waals surface area contributed by atoms with Gasteiger partial charge in [-0.15, -0.1) is 11.8 Å². The van der Waals surface area contributed by atoms with Crippen LogP contribution < -0.4 is 16.0 Å². The third-order valence-corrected chi connectivity index (χ3v) is 6.96. The lowest BCUT2D eigenvalue weighted by molar-refractivity contribution is -0.115. The summed E-state index contributed by atoms with van der Waals surface area (Å²) >= 11 is 13.4. The predicted molar refractivity (Wildman–Crippen MR) is 162 cm³/mol. The molecule has 7 nitrogen and oxygen atoms in total. The summed E-state index contributed by atoms with van der Waals surface area (Å²) in [6.07, 6.45) is 4.76. The number of aromatic nitrogens is 1. The number of carbonyl (C=O) groups excluding carboxylic acids is 3. The first-order chi connectivity index (χ1) is 19.3. The van der Waals surface area contributed by atoms with Gasteiger partial charge >= 0.3 is 0 Å². The largest absolute Gasteiger partial charge is 0.325 e. The monoisotopic (exact) mass is 590 g/mol. The minimum atomic E-state index is -0.515. The van der Waals surface area contributed by atoms with Crippen molar-refractivity contribution >= 4 is 70.1 Å². The molecule has 3 amide bonds. The number of halogens is 2. The van der Waals surface area contributed by atoms with Crippen molar-refractivity contribution in [2.75, 3.05) is 10.6 Å². The lowest BCUT2D eigenvalue weighted by Crippen LogP contribution is -2.30. The molecule has 0 saturated carbocycles. The molecule has 1 unspecified atom stereocenters. The number of hydrogen-bond acceptors (Lipinski definition) is 5. The van der Waals surface area contributed by atoms with Crippen LogP contribution in [0.1, 0.15) is 22.8 Å². The summed E-state index contributed by atoms with van der Waals surface area (Å²) in [6.45, 7) is 1.77. The Bertz CT molecular complexity index is 1530. The van der Waals surface area contributed by atoms with E-state index in [1.165, 1.54) is 11.8 Å². The Morgan fingerprint density at radius 1 is 0.850 bits per heavy atom. The molecule has 202 valence electrons. The minimum absolute atomic E-state index is 0.0489. The van der Waals surface area contributed by atoms with Crippen molar-refractivity contribution in [2.45, 2.75) is 17.1 Å². The van der Waals surface area contributed by atoms with Crippen LogP contribution in [0.2, 0.25) is 10.0 Å². The van der Waals surface area contributed by atoms with Gasteiger partial charge in [0, 0.05) is 44.3 Å². The third-order valence-electron chi connectivity index (χ3n) is 5.43. The fourth-order valence-electron chi connectivity index (χ4n) is 3.54. The third kappa shape index (κ3) is 8.44. The Morgan fingerprint density at radius 2 is 1.60 bits per heavy atom. The molecule has 0 fully saturated rings. The van der Waals surface area contributed by atoms with E-state index in [1.807, 2.05) is 6.07 Å². The van der Waals surface area contributed by atoms with Crippen molar-refractivity contribution in [2.24, 2.45) is 0 Å². The first kappa shape index (κ1) is 28.9. The zero-order valence-corrected chi connectivity index (χ0v) is 23.6. The van der Waals surface area contributed by atoms with Crippen LogP contribution in [0, 0.1) is 0 Å². The Labute approximate surface area is 246 Å². The summed E-state index contributed by atoms with van der Waals surface area (Å²) in [5, 5.41) is 8.71. The molecule has 3 N–H and O–H groups in total. The summed E-state index contributed by atoms with van der Waals surface area (Å²) in [5.41, 5.74) is 2.11. The van der Waals surface area contributed by atoms with E-state index in [4.69, 9.17) is 23.2 Å². The van der Waals surface area contributed by atoms with Gasteiger partial charge < -0.3 is 16.0 Å². The van der Waals surface area contributed by atoms with Crippen LogP contribution >= 0.6 is 35.0 Å². The molecule has 3 aromatic carbocycles. The van der Waals surface area contributed by atoms with Crippen molar-refractivity contribution < 1.29 is 14.4 Å². The molecule has 1 heterocycles. The lowest BCUT2D eigenvalue weighted by Gasteiger charge is -2.14.